The highest BCUT2D eigenvalue weighted by molar-refractivity contribution is 5.38. The Labute approximate surface area is 76.1 Å². The SMILES string of the molecule is [C-]#[N+]c1ccn(-c2ccccc2)n1. The first kappa shape index (κ1) is 7.56. The Hall–Kier alpha value is -2.08. The van der Waals surface area contributed by atoms with Gasteiger partial charge in [-0.15, -0.1) is 0 Å². The molecule has 0 saturated carbocycles. The topological polar surface area (TPSA) is 22.2 Å². The minimum Gasteiger partial charge on any atom is -0.359 e. The van der Waals surface area contributed by atoms with Gasteiger partial charge in [0.2, 0.25) is 0 Å². The highest BCUT2D eigenvalue weighted by atomic mass is 15.3. The van der Waals surface area contributed by atoms with Gasteiger partial charge in [-0.25, -0.2) is 0 Å². The van der Waals surface area contributed by atoms with Crippen LogP contribution < -0.4 is 0 Å². The number of rotatable bonds is 1. The van der Waals surface area contributed by atoms with Crippen LogP contribution in [0.15, 0.2) is 42.6 Å². The molecule has 1 aromatic carbocycles. The molecule has 2 rings (SSSR count). The maximum atomic E-state index is 6.77. The average molecular weight is 169 g/mol. The van der Waals surface area contributed by atoms with Crippen LogP contribution in [0.4, 0.5) is 5.82 Å². The minimum atomic E-state index is 0.420. The molecule has 13 heavy (non-hydrogen) atoms. The van der Waals surface area contributed by atoms with Gasteiger partial charge >= 0.3 is 0 Å². The summed E-state index contributed by atoms with van der Waals surface area (Å²) in [5.41, 5.74) is 0.970. The normalized spacial score (nSPS) is 9.46. The Balaban J connectivity index is 2.43. The predicted octanol–water partition coefficient (Wildman–Crippen LogP) is 2.42. The Kier molecular flexibility index (Phi) is 1.81. The molecular formula is C10H7N3. The van der Waals surface area contributed by atoms with Crippen LogP contribution in [0.3, 0.4) is 0 Å². The van der Waals surface area contributed by atoms with Gasteiger partial charge in [-0.05, 0) is 23.3 Å². The largest absolute Gasteiger partial charge is 0.359 e. The van der Waals surface area contributed by atoms with E-state index in [1.165, 1.54) is 0 Å². The standard InChI is InChI=1S/C10H7N3/c1-11-10-7-8-13(12-10)9-5-3-2-4-6-9/h2-8H. The summed E-state index contributed by atoms with van der Waals surface area (Å²) in [6.45, 7) is 6.77. The van der Waals surface area contributed by atoms with E-state index in [2.05, 4.69) is 9.94 Å². The average Bonchev–Trinajstić information content (AvgIpc) is 2.67. The molecule has 0 fully saturated rings. The molecule has 0 aliphatic rings. The molecule has 1 aromatic heterocycles. The second-order valence-electron chi connectivity index (χ2n) is 2.57. The summed E-state index contributed by atoms with van der Waals surface area (Å²) in [5, 5.41) is 4.06. The zero-order valence-corrected chi connectivity index (χ0v) is 6.88. The van der Waals surface area contributed by atoms with E-state index in [9.17, 15) is 0 Å². The Morgan fingerprint density at radius 1 is 1.15 bits per heavy atom. The molecule has 0 bridgehead atoms. The molecule has 0 radical (unpaired) electrons. The van der Waals surface area contributed by atoms with E-state index in [-0.39, 0.29) is 0 Å². The van der Waals surface area contributed by atoms with Crippen molar-refractivity contribution in [3.8, 4) is 5.69 Å². The monoisotopic (exact) mass is 169 g/mol. The van der Waals surface area contributed by atoms with Crippen molar-refractivity contribution in [2.75, 3.05) is 0 Å². The highest BCUT2D eigenvalue weighted by Crippen LogP contribution is 2.11. The predicted molar refractivity (Wildman–Crippen MR) is 49.8 cm³/mol. The fourth-order valence-corrected chi connectivity index (χ4v) is 1.10. The lowest BCUT2D eigenvalue weighted by Gasteiger charge is -1.94. The first-order chi connectivity index (χ1) is 6.40. The number of aromatic nitrogens is 2. The van der Waals surface area contributed by atoms with E-state index in [0.717, 1.165) is 5.69 Å². The number of hydrogen-bond acceptors (Lipinski definition) is 1. The van der Waals surface area contributed by atoms with Crippen LogP contribution in [0.2, 0.25) is 0 Å². The van der Waals surface area contributed by atoms with Crippen molar-refractivity contribution in [3.63, 3.8) is 0 Å². The second kappa shape index (κ2) is 3.11. The van der Waals surface area contributed by atoms with Crippen molar-refractivity contribution in [3.05, 3.63) is 54.0 Å². The van der Waals surface area contributed by atoms with Crippen molar-refractivity contribution in [1.82, 2.24) is 9.78 Å². The molecule has 0 atom stereocenters. The van der Waals surface area contributed by atoms with Crippen molar-refractivity contribution >= 4 is 5.82 Å². The molecule has 1 heterocycles. The molecule has 62 valence electrons. The zero-order chi connectivity index (χ0) is 9.10. The van der Waals surface area contributed by atoms with E-state index in [1.54, 1.807) is 16.9 Å². The van der Waals surface area contributed by atoms with Gasteiger partial charge in [0.05, 0.1) is 5.69 Å². The van der Waals surface area contributed by atoms with Crippen LogP contribution >= 0.6 is 0 Å². The van der Waals surface area contributed by atoms with E-state index in [1.807, 2.05) is 30.3 Å². The summed E-state index contributed by atoms with van der Waals surface area (Å²) in [5.74, 6) is 0.420. The molecule has 0 N–H and O–H groups in total. The summed E-state index contributed by atoms with van der Waals surface area (Å²) >= 11 is 0. The van der Waals surface area contributed by atoms with Crippen LogP contribution in [0.25, 0.3) is 10.5 Å². The van der Waals surface area contributed by atoms with Gasteiger partial charge in [-0.3, -0.25) is 0 Å². The molecule has 0 spiro atoms. The zero-order valence-electron chi connectivity index (χ0n) is 6.88. The van der Waals surface area contributed by atoms with Crippen molar-refractivity contribution < 1.29 is 0 Å². The smallest absolute Gasteiger partial charge is 0.295 e. The fraction of sp³-hybridized carbons (Fsp3) is 0. The third kappa shape index (κ3) is 1.42. The van der Waals surface area contributed by atoms with Gasteiger partial charge in [0, 0.05) is 6.20 Å². The molecule has 0 unspecified atom stereocenters. The summed E-state index contributed by atoms with van der Waals surface area (Å²) in [6, 6.07) is 11.4. The summed E-state index contributed by atoms with van der Waals surface area (Å²) < 4.78 is 1.69. The Morgan fingerprint density at radius 3 is 2.54 bits per heavy atom. The first-order valence-electron chi connectivity index (χ1n) is 3.89. The van der Waals surface area contributed by atoms with E-state index < -0.39 is 0 Å². The van der Waals surface area contributed by atoms with Crippen LogP contribution in [-0.4, -0.2) is 9.78 Å². The maximum Gasteiger partial charge on any atom is 0.295 e. The molecule has 0 saturated heterocycles. The lowest BCUT2D eigenvalue weighted by atomic mass is 10.3. The van der Waals surface area contributed by atoms with Gasteiger partial charge in [-0.2, -0.15) is 4.68 Å². The lowest BCUT2D eigenvalue weighted by molar-refractivity contribution is 0.888. The second-order valence-corrected chi connectivity index (χ2v) is 2.57. The lowest BCUT2D eigenvalue weighted by Crippen LogP contribution is -1.92. The van der Waals surface area contributed by atoms with Crippen LogP contribution in [0.1, 0.15) is 0 Å². The summed E-state index contributed by atoms with van der Waals surface area (Å²) in [4.78, 5) is 3.23. The molecule has 3 nitrogen and oxygen atoms in total. The first-order valence-corrected chi connectivity index (χ1v) is 3.89. The van der Waals surface area contributed by atoms with Gasteiger partial charge in [-0.1, -0.05) is 24.8 Å². The number of para-hydroxylation sites is 1. The van der Waals surface area contributed by atoms with E-state index >= 15 is 0 Å². The summed E-state index contributed by atoms with van der Waals surface area (Å²) in [6.07, 6.45) is 1.78. The third-order valence-electron chi connectivity index (χ3n) is 1.71. The number of nitrogens with zero attached hydrogens (tertiary/aromatic N) is 3. The minimum absolute atomic E-state index is 0.420. The van der Waals surface area contributed by atoms with Crippen molar-refractivity contribution in [2.45, 2.75) is 0 Å². The van der Waals surface area contributed by atoms with Gasteiger partial charge in [0.15, 0.2) is 0 Å². The number of benzene rings is 1. The maximum absolute atomic E-state index is 6.77. The molecule has 0 aliphatic carbocycles. The highest BCUT2D eigenvalue weighted by Gasteiger charge is 2.00. The van der Waals surface area contributed by atoms with Gasteiger partial charge < -0.3 is 4.85 Å². The molecule has 0 amide bonds. The summed E-state index contributed by atoms with van der Waals surface area (Å²) in [7, 11) is 0. The van der Waals surface area contributed by atoms with Crippen LogP contribution in [-0.2, 0) is 0 Å². The quantitative estimate of drug-likeness (QED) is 0.601. The van der Waals surface area contributed by atoms with Crippen LogP contribution in [0, 0.1) is 6.57 Å². The number of hydrogen-bond donors (Lipinski definition) is 0. The van der Waals surface area contributed by atoms with Crippen molar-refractivity contribution in [2.24, 2.45) is 0 Å². The van der Waals surface area contributed by atoms with Crippen molar-refractivity contribution in [1.29, 1.82) is 0 Å². The van der Waals surface area contributed by atoms with Crippen LogP contribution in [0.5, 0.6) is 0 Å². The van der Waals surface area contributed by atoms with E-state index in [4.69, 9.17) is 6.57 Å². The molecular weight excluding hydrogens is 162 g/mol. The fourth-order valence-electron chi connectivity index (χ4n) is 1.10. The van der Waals surface area contributed by atoms with Gasteiger partial charge in [0.1, 0.15) is 0 Å². The molecule has 2 aromatic rings. The molecule has 0 aliphatic heterocycles. The van der Waals surface area contributed by atoms with E-state index in [0.29, 0.717) is 5.82 Å². The third-order valence-corrected chi connectivity index (χ3v) is 1.71. The Bertz CT molecular complexity index is 437. The molecule has 3 heteroatoms. The van der Waals surface area contributed by atoms with Gasteiger partial charge in [0.25, 0.3) is 5.82 Å². The Morgan fingerprint density at radius 2 is 1.92 bits per heavy atom.